The van der Waals surface area contributed by atoms with Crippen molar-refractivity contribution in [3.05, 3.63) is 0 Å². The maximum atomic E-state index is 10.8. The number of rotatable bonds is 9. The van der Waals surface area contributed by atoms with Crippen LogP contribution in [0.4, 0.5) is 0 Å². The van der Waals surface area contributed by atoms with Gasteiger partial charge in [0, 0.05) is 0 Å². The molecule has 0 bridgehead atoms. The van der Waals surface area contributed by atoms with Gasteiger partial charge in [0.05, 0.1) is 6.10 Å². The molecule has 33 heavy (non-hydrogen) atoms. The highest BCUT2D eigenvalue weighted by atomic mass is 16.3. The lowest BCUT2D eigenvalue weighted by Crippen LogP contribution is -2.54. The molecular formula is C32H58O. The van der Waals surface area contributed by atoms with Gasteiger partial charge >= 0.3 is 0 Å². The molecule has 4 saturated carbocycles. The van der Waals surface area contributed by atoms with Crippen LogP contribution < -0.4 is 0 Å². The summed E-state index contributed by atoms with van der Waals surface area (Å²) in [5.74, 6) is 7.19. The van der Waals surface area contributed by atoms with E-state index < -0.39 is 0 Å². The number of hydrogen-bond donors (Lipinski definition) is 1. The first-order valence-corrected chi connectivity index (χ1v) is 15.4. The molecule has 1 N–H and O–H groups in total. The molecule has 4 aliphatic rings. The second-order valence-corrected chi connectivity index (χ2v) is 14.4. The van der Waals surface area contributed by atoms with Gasteiger partial charge in [-0.15, -0.1) is 0 Å². The van der Waals surface area contributed by atoms with Crippen molar-refractivity contribution in [3.63, 3.8) is 0 Å². The van der Waals surface area contributed by atoms with E-state index in [1.54, 1.807) is 0 Å². The normalized spacial score (nSPS) is 44.7. The lowest BCUT2D eigenvalue weighted by Gasteiger charge is -2.61. The summed E-state index contributed by atoms with van der Waals surface area (Å²) in [4.78, 5) is 0. The summed E-state index contributed by atoms with van der Waals surface area (Å²) in [6.07, 6.45) is 20.7. The van der Waals surface area contributed by atoms with Crippen LogP contribution in [0.2, 0.25) is 0 Å². The van der Waals surface area contributed by atoms with E-state index in [4.69, 9.17) is 0 Å². The van der Waals surface area contributed by atoms with Crippen LogP contribution in [0.1, 0.15) is 138 Å². The zero-order chi connectivity index (χ0) is 23.8. The molecule has 0 amide bonds. The maximum absolute atomic E-state index is 10.8. The fourth-order valence-corrected chi connectivity index (χ4v) is 10.3. The highest BCUT2D eigenvalue weighted by Gasteiger charge is 2.60. The Hall–Kier alpha value is -0.0400. The number of aliphatic hydroxyl groups excluding tert-OH is 1. The summed E-state index contributed by atoms with van der Waals surface area (Å²) in [5, 5.41) is 10.8. The highest BCUT2D eigenvalue weighted by molar-refractivity contribution is 5.09. The Bertz CT molecular complexity index is 626. The van der Waals surface area contributed by atoms with Crippen molar-refractivity contribution in [2.24, 2.45) is 58.2 Å². The van der Waals surface area contributed by atoms with E-state index in [2.05, 4.69) is 41.5 Å². The summed E-state index contributed by atoms with van der Waals surface area (Å²) >= 11 is 0. The van der Waals surface area contributed by atoms with Crippen LogP contribution in [0.25, 0.3) is 0 Å². The monoisotopic (exact) mass is 458 g/mol. The minimum atomic E-state index is -0.0327. The predicted octanol–water partition coefficient (Wildman–Crippen LogP) is 9.28. The van der Waals surface area contributed by atoms with Crippen molar-refractivity contribution >= 4 is 0 Å². The average molecular weight is 459 g/mol. The van der Waals surface area contributed by atoms with Crippen molar-refractivity contribution in [2.45, 2.75) is 144 Å². The Morgan fingerprint density at radius 2 is 1.52 bits per heavy atom. The molecule has 0 aliphatic heterocycles. The third kappa shape index (κ3) is 4.97. The molecule has 1 nitrogen and oxygen atoms in total. The van der Waals surface area contributed by atoms with Gasteiger partial charge in [-0.1, -0.05) is 73.6 Å². The molecule has 4 fully saturated rings. The number of aliphatic hydroxyl groups is 1. The summed E-state index contributed by atoms with van der Waals surface area (Å²) in [6, 6.07) is 0. The van der Waals surface area contributed by atoms with Gasteiger partial charge in [-0.3, -0.25) is 0 Å². The summed E-state index contributed by atoms with van der Waals surface area (Å²) in [6.45, 7) is 15.1. The van der Waals surface area contributed by atoms with Gasteiger partial charge in [-0.05, 0) is 122 Å². The first kappa shape index (κ1) is 26.0. The van der Waals surface area contributed by atoms with E-state index in [-0.39, 0.29) is 6.10 Å². The molecule has 192 valence electrons. The molecule has 0 aromatic carbocycles. The number of unbranched alkanes of at least 4 members (excludes halogenated alkanes) is 1. The van der Waals surface area contributed by atoms with Gasteiger partial charge in [0.15, 0.2) is 0 Å². The molecule has 0 aromatic heterocycles. The van der Waals surface area contributed by atoms with Crippen LogP contribution in [0.5, 0.6) is 0 Å². The van der Waals surface area contributed by atoms with E-state index in [0.717, 1.165) is 47.8 Å². The topological polar surface area (TPSA) is 20.2 Å². The van der Waals surface area contributed by atoms with Gasteiger partial charge in [0.2, 0.25) is 0 Å². The summed E-state index contributed by atoms with van der Waals surface area (Å²) < 4.78 is 0. The molecule has 4 aliphatic carbocycles. The molecule has 6 unspecified atom stereocenters. The van der Waals surface area contributed by atoms with Gasteiger partial charge in [-0.2, -0.15) is 0 Å². The van der Waals surface area contributed by atoms with E-state index >= 15 is 0 Å². The van der Waals surface area contributed by atoms with Gasteiger partial charge < -0.3 is 5.11 Å². The van der Waals surface area contributed by atoms with Crippen molar-refractivity contribution in [3.8, 4) is 0 Å². The zero-order valence-corrected chi connectivity index (χ0v) is 23.2. The predicted molar refractivity (Wildman–Crippen MR) is 142 cm³/mol. The van der Waals surface area contributed by atoms with Crippen LogP contribution in [0.3, 0.4) is 0 Å². The Balaban J connectivity index is 1.40. The van der Waals surface area contributed by atoms with Crippen LogP contribution in [-0.4, -0.2) is 11.2 Å². The third-order valence-electron chi connectivity index (χ3n) is 12.3. The molecular weight excluding hydrogens is 400 g/mol. The fourth-order valence-electron chi connectivity index (χ4n) is 10.3. The third-order valence-corrected chi connectivity index (χ3v) is 12.3. The SMILES string of the molecule is CCCCC(O)C1CC[C@@]2(C)C(CCC3C2CC[C@@]2(C)C3CC[C@@H]2[C@H](C)CCCC(C)C)C1. The standard InChI is InChI=1S/C32H58O/c1-7-8-12-30(33)24-17-19-31(5)25(21-24)13-14-26-28-16-15-27(23(4)11-9-10-22(2)3)32(28,6)20-18-29(26)31/h22-30,33H,7-21H2,1-6H3/t23-,24?,25?,26?,27-,28?,29?,30?,31+,32-/m1/s1. The minimum Gasteiger partial charge on any atom is -0.393 e. The van der Waals surface area contributed by atoms with Crippen molar-refractivity contribution in [1.29, 1.82) is 0 Å². The smallest absolute Gasteiger partial charge is 0.0568 e. The highest BCUT2D eigenvalue weighted by Crippen LogP contribution is 2.68. The fraction of sp³-hybridized carbons (Fsp3) is 1.00. The Morgan fingerprint density at radius 3 is 2.24 bits per heavy atom. The van der Waals surface area contributed by atoms with Crippen molar-refractivity contribution in [2.75, 3.05) is 0 Å². The maximum Gasteiger partial charge on any atom is 0.0568 e. The molecule has 0 aromatic rings. The van der Waals surface area contributed by atoms with Crippen LogP contribution in [0, 0.1) is 58.2 Å². The second kappa shape index (κ2) is 10.5. The number of fused-ring (bicyclic) bond motifs is 5. The van der Waals surface area contributed by atoms with Crippen molar-refractivity contribution < 1.29 is 5.11 Å². The van der Waals surface area contributed by atoms with Gasteiger partial charge in [0.1, 0.15) is 0 Å². The Kier molecular flexibility index (Phi) is 8.30. The van der Waals surface area contributed by atoms with Crippen LogP contribution in [0.15, 0.2) is 0 Å². The first-order valence-electron chi connectivity index (χ1n) is 15.4. The zero-order valence-electron chi connectivity index (χ0n) is 23.2. The second-order valence-electron chi connectivity index (χ2n) is 14.4. The quantitative estimate of drug-likeness (QED) is 0.365. The van der Waals surface area contributed by atoms with E-state index in [0.29, 0.717) is 16.7 Å². The molecule has 0 heterocycles. The summed E-state index contributed by atoms with van der Waals surface area (Å²) in [7, 11) is 0. The molecule has 1 heteroatoms. The van der Waals surface area contributed by atoms with Crippen LogP contribution in [-0.2, 0) is 0 Å². The van der Waals surface area contributed by atoms with Gasteiger partial charge in [-0.25, -0.2) is 0 Å². The molecule has 10 atom stereocenters. The van der Waals surface area contributed by atoms with Crippen molar-refractivity contribution in [1.82, 2.24) is 0 Å². The van der Waals surface area contributed by atoms with E-state index in [9.17, 15) is 5.11 Å². The lowest BCUT2D eigenvalue weighted by atomic mass is 9.43. The molecule has 0 spiro atoms. The van der Waals surface area contributed by atoms with Gasteiger partial charge in [0.25, 0.3) is 0 Å². The Labute approximate surface area is 207 Å². The largest absolute Gasteiger partial charge is 0.393 e. The molecule has 0 saturated heterocycles. The minimum absolute atomic E-state index is 0.0327. The van der Waals surface area contributed by atoms with Crippen LogP contribution >= 0.6 is 0 Å². The van der Waals surface area contributed by atoms with E-state index in [1.807, 2.05) is 0 Å². The molecule has 0 radical (unpaired) electrons. The first-order chi connectivity index (χ1) is 15.7. The molecule has 4 rings (SSSR count). The van der Waals surface area contributed by atoms with E-state index in [1.165, 1.54) is 89.9 Å². The summed E-state index contributed by atoms with van der Waals surface area (Å²) in [5.41, 5.74) is 1.18. The Morgan fingerprint density at radius 1 is 0.788 bits per heavy atom. The number of hydrogen-bond acceptors (Lipinski definition) is 1. The lowest BCUT2D eigenvalue weighted by molar-refractivity contribution is -0.128. The average Bonchev–Trinajstić information content (AvgIpc) is 3.13.